The SMILES string of the molecule is COC(=O)CCN1CCN(N2CCOCC2)C(=O)C1=O. The average Bonchev–Trinajstić information content (AvgIpc) is 2.49. The van der Waals surface area contributed by atoms with Gasteiger partial charge in [-0.15, -0.1) is 0 Å². The van der Waals surface area contributed by atoms with Crippen LogP contribution in [0.2, 0.25) is 0 Å². The number of esters is 1. The van der Waals surface area contributed by atoms with Gasteiger partial charge in [0.25, 0.3) is 0 Å². The number of hydrogen-bond donors (Lipinski definition) is 0. The van der Waals surface area contributed by atoms with Crippen LogP contribution in [0.3, 0.4) is 0 Å². The molecule has 2 aliphatic rings. The number of morpholine rings is 1. The summed E-state index contributed by atoms with van der Waals surface area (Å²) < 4.78 is 9.75. The Labute approximate surface area is 117 Å². The van der Waals surface area contributed by atoms with Gasteiger partial charge in [-0.1, -0.05) is 0 Å². The Morgan fingerprint density at radius 1 is 1.15 bits per heavy atom. The van der Waals surface area contributed by atoms with Crippen molar-refractivity contribution in [2.45, 2.75) is 6.42 Å². The Morgan fingerprint density at radius 3 is 2.50 bits per heavy atom. The van der Waals surface area contributed by atoms with Crippen LogP contribution in [0.4, 0.5) is 0 Å². The van der Waals surface area contributed by atoms with E-state index in [2.05, 4.69) is 4.74 Å². The third-order valence-corrected chi connectivity index (χ3v) is 3.43. The van der Waals surface area contributed by atoms with Crippen LogP contribution in [0.25, 0.3) is 0 Å². The maximum Gasteiger partial charge on any atom is 0.326 e. The molecule has 2 saturated heterocycles. The Bertz CT molecular complexity index is 395. The summed E-state index contributed by atoms with van der Waals surface area (Å²) in [4.78, 5) is 36.6. The topological polar surface area (TPSA) is 79.4 Å². The minimum absolute atomic E-state index is 0.104. The molecular weight excluding hydrogens is 266 g/mol. The van der Waals surface area contributed by atoms with Crippen molar-refractivity contribution in [3.05, 3.63) is 0 Å². The molecule has 0 N–H and O–H groups in total. The molecule has 0 aromatic carbocycles. The van der Waals surface area contributed by atoms with Gasteiger partial charge in [-0.25, -0.2) is 5.01 Å². The van der Waals surface area contributed by atoms with Crippen LogP contribution >= 0.6 is 0 Å². The van der Waals surface area contributed by atoms with Gasteiger partial charge in [0.2, 0.25) is 0 Å². The van der Waals surface area contributed by atoms with Crippen LogP contribution in [0.1, 0.15) is 6.42 Å². The molecule has 20 heavy (non-hydrogen) atoms. The predicted molar refractivity (Wildman–Crippen MR) is 67.3 cm³/mol. The summed E-state index contributed by atoms with van der Waals surface area (Å²) in [5, 5.41) is 3.33. The Kier molecular flexibility index (Phi) is 4.91. The first-order chi connectivity index (χ1) is 9.63. The normalized spacial score (nSPS) is 21.2. The van der Waals surface area contributed by atoms with Crippen molar-refractivity contribution >= 4 is 17.8 Å². The first-order valence-electron chi connectivity index (χ1n) is 6.63. The number of ether oxygens (including phenoxy) is 2. The summed E-state index contributed by atoms with van der Waals surface area (Å²) >= 11 is 0. The second kappa shape index (κ2) is 6.67. The molecule has 2 aliphatic heterocycles. The maximum absolute atomic E-state index is 12.1. The number of hydrazine groups is 1. The van der Waals surface area contributed by atoms with Crippen LogP contribution in [0, 0.1) is 0 Å². The summed E-state index contributed by atoms with van der Waals surface area (Å²) in [7, 11) is 1.30. The molecule has 0 aromatic rings. The average molecular weight is 285 g/mol. The van der Waals surface area contributed by atoms with E-state index in [1.807, 2.05) is 5.01 Å². The molecule has 0 spiro atoms. The number of hydrogen-bond acceptors (Lipinski definition) is 6. The smallest absolute Gasteiger partial charge is 0.326 e. The van der Waals surface area contributed by atoms with E-state index in [0.717, 1.165) is 0 Å². The fourth-order valence-electron chi connectivity index (χ4n) is 2.27. The summed E-state index contributed by atoms with van der Waals surface area (Å²) in [5.41, 5.74) is 0. The van der Waals surface area contributed by atoms with Gasteiger partial charge in [-0.3, -0.25) is 19.4 Å². The third-order valence-electron chi connectivity index (χ3n) is 3.43. The standard InChI is InChI=1S/C12H19N3O5/c1-19-10(16)2-3-13-4-5-15(12(18)11(13)17)14-6-8-20-9-7-14/h2-9H2,1H3. The van der Waals surface area contributed by atoms with Crippen molar-refractivity contribution in [3.63, 3.8) is 0 Å². The highest BCUT2D eigenvalue weighted by atomic mass is 16.5. The number of carbonyl (C=O) groups is 3. The van der Waals surface area contributed by atoms with Gasteiger partial charge in [0, 0.05) is 26.2 Å². The molecule has 2 rings (SSSR count). The molecule has 0 radical (unpaired) electrons. The van der Waals surface area contributed by atoms with Crippen LogP contribution < -0.4 is 0 Å². The highest BCUT2D eigenvalue weighted by Crippen LogP contribution is 2.11. The Morgan fingerprint density at radius 2 is 1.85 bits per heavy atom. The van der Waals surface area contributed by atoms with Crippen LogP contribution in [0.5, 0.6) is 0 Å². The Balaban J connectivity index is 1.89. The largest absolute Gasteiger partial charge is 0.469 e. The van der Waals surface area contributed by atoms with Crippen molar-refractivity contribution < 1.29 is 23.9 Å². The molecule has 0 aromatic heterocycles. The number of amides is 2. The van der Waals surface area contributed by atoms with E-state index in [4.69, 9.17) is 4.74 Å². The third kappa shape index (κ3) is 3.26. The number of rotatable bonds is 4. The van der Waals surface area contributed by atoms with Crippen LogP contribution in [0.15, 0.2) is 0 Å². The number of carbonyl (C=O) groups excluding carboxylic acids is 3. The van der Waals surface area contributed by atoms with Gasteiger partial charge in [-0.2, -0.15) is 0 Å². The molecule has 2 heterocycles. The van der Waals surface area contributed by atoms with Gasteiger partial charge in [-0.05, 0) is 0 Å². The number of piperazine rings is 1. The van der Waals surface area contributed by atoms with E-state index >= 15 is 0 Å². The minimum atomic E-state index is -0.563. The molecule has 2 amide bonds. The highest BCUT2D eigenvalue weighted by molar-refractivity contribution is 6.35. The molecule has 0 atom stereocenters. The van der Waals surface area contributed by atoms with E-state index in [-0.39, 0.29) is 18.9 Å². The second-order valence-corrected chi connectivity index (χ2v) is 4.61. The van der Waals surface area contributed by atoms with Crippen LogP contribution in [-0.2, 0) is 23.9 Å². The van der Waals surface area contributed by atoms with Crippen LogP contribution in [-0.4, -0.2) is 85.7 Å². The zero-order valence-electron chi connectivity index (χ0n) is 11.5. The lowest BCUT2D eigenvalue weighted by Crippen LogP contribution is -2.61. The number of methoxy groups -OCH3 is 1. The van der Waals surface area contributed by atoms with Crippen molar-refractivity contribution in [3.8, 4) is 0 Å². The zero-order chi connectivity index (χ0) is 14.5. The van der Waals surface area contributed by atoms with Crippen molar-refractivity contribution in [2.75, 3.05) is 53.0 Å². The van der Waals surface area contributed by atoms with Gasteiger partial charge < -0.3 is 14.4 Å². The summed E-state index contributed by atoms with van der Waals surface area (Å²) in [6.45, 7) is 3.44. The molecule has 8 heteroatoms. The molecule has 112 valence electrons. The van der Waals surface area contributed by atoms with Crippen molar-refractivity contribution in [1.82, 2.24) is 14.9 Å². The molecular formula is C12H19N3O5. The lowest BCUT2D eigenvalue weighted by atomic mass is 10.3. The van der Waals surface area contributed by atoms with E-state index in [1.54, 1.807) is 0 Å². The van der Waals surface area contributed by atoms with E-state index in [1.165, 1.54) is 17.0 Å². The molecule has 2 fully saturated rings. The van der Waals surface area contributed by atoms with E-state index in [0.29, 0.717) is 39.4 Å². The molecule has 0 bridgehead atoms. The maximum atomic E-state index is 12.1. The zero-order valence-corrected chi connectivity index (χ0v) is 11.5. The first kappa shape index (κ1) is 14.7. The molecule has 0 unspecified atom stereocenters. The fraction of sp³-hybridized carbons (Fsp3) is 0.750. The quantitative estimate of drug-likeness (QED) is 0.460. The van der Waals surface area contributed by atoms with Gasteiger partial charge >= 0.3 is 17.8 Å². The van der Waals surface area contributed by atoms with E-state index < -0.39 is 11.8 Å². The second-order valence-electron chi connectivity index (χ2n) is 4.61. The minimum Gasteiger partial charge on any atom is -0.469 e. The summed E-state index contributed by atoms with van der Waals surface area (Å²) in [6, 6.07) is 0. The lowest BCUT2D eigenvalue weighted by Gasteiger charge is -2.41. The Hall–Kier alpha value is -1.67. The van der Waals surface area contributed by atoms with Crippen molar-refractivity contribution in [2.24, 2.45) is 0 Å². The number of nitrogens with zero attached hydrogens (tertiary/aromatic N) is 3. The van der Waals surface area contributed by atoms with Gasteiger partial charge in [0.15, 0.2) is 0 Å². The highest BCUT2D eigenvalue weighted by Gasteiger charge is 2.36. The summed E-state index contributed by atoms with van der Waals surface area (Å²) in [5.74, 6) is -1.49. The monoisotopic (exact) mass is 285 g/mol. The summed E-state index contributed by atoms with van der Waals surface area (Å²) in [6.07, 6.45) is 0.104. The molecule has 0 aliphatic carbocycles. The molecule has 0 saturated carbocycles. The van der Waals surface area contributed by atoms with Gasteiger partial charge in [0.1, 0.15) is 0 Å². The molecule has 8 nitrogen and oxygen atoms in total. The van der Waals surface area contributed by atoms with E-state index in [9.17, 15) is 14.4 Å². The predicted octanol–water partition coefficient (Wildman–Crippen LogP) is -1.53. The van der Waals surface area contributed by atoms with Crippen molar-refractivity contribution in [1.29, 1.82) is 0 Å². The first-order valence-corrected chi connectivity index (χ1v) is 6.63. The van der Waals surface area contributed by atoms with Gasteiger partial charge in [0.05, 0.1) is 33.3 Å². The lowest BCUT2D eigenvalue weighted by molar-refractivity contribution is -0.175. The fourth-order valence-corrected chi connectivity index (χ4v) is 2.27.